The third-order valence-corrected chi connectivity index (χ3v) is 4.34. The second-order valence-electron chi connectivity index (χ2n) is 5.00. The summed E-state index contributed by atoms with van der Waals surface area (Å²) in [5, 5.41) is 19.1. The van der Waals surface area contributed by atoms with E-state index in [1.54, 1.807) is 14.0 Å². The zero-order chi connectivity index (χ0) is 14.3. The molecular weight excluding hydrogens is 252 g/mol. The van der Waals surface area contributed by atoms with Crippen molar-refractivity contribution >= 4 is 11.6 Å². The van der Waals surface area contributed by atoms with Gasteiger partial charge >= 0.3 is 0 Å². The van der Waals surface area contributed by atoms with E-state index in [2.05, 4.69) is 6.07 Å². The van der Waals surface area contributed by atoms with Crippen LogP contribution in [0.4, 0.5) is 0 Å². The fraction of sp³-hybridized carbons (Fsp3) is 0.923. The summed E-state index contributed by atoms with van der Waals surface area (Å²) in [5.41, 5.74) is 5.19. The molecule has 0 fully saturated rings. The first kappa shape index (κ1) is 17.7. The second-order valence-corrected chi connectivity index (χ2v) is 5.37. The molecule has 106 valence electrons. The van der Waals surface area contributed by atoms with Gasteiger partial charge in [-0.2, -0.15) is 5.26 Å². The van der Waals surface area contributed by atoms with Crippen LogP contribution in [0.25, 0.3) is 0 Å². The Morgan fingerprint density at radius 1 is 1.50 bits per heavy atom. The van der Waals surface area contributed by atoms with Crippen LogP contribution in [-0.2, 0) is 4.74 Å². The molecule has 5 unspecified atom stereocenters. The lowest BCUT2D eigenvalue weighted by Gasteiger charge is -2.43. The first-order valence-corrected chi connectivity index (χ1v) is 6.81. The van der Waals surface area contributed by atoms with Crippen LogP contribution in [0.5, 0.6) is 0 Å². The number of aliphatic hydroxyl groups excluding tert-OH is 1. The summed E-state index contributed by atoms with van der Waals surface area (Å²) in [4.78, 5) is 0. The van der Waals surface area contributed by atoms with Gasteiger partial charge in [-0.15, -0.1) is 11.6 Å². The molecule has 5 atom stereocenters. The van der Waals surface area contributed by atoms with Gasteiger partial charge in [-0.3, -0.25) is 0 Å². The maximum absolute atomic E-state index is 10.2. The maximum Gasteiger partial charge on any atom is 0.0748 e. The van der Waals surface area contributed by atoms with Gasteiger partial charge in [-0.05, 0) is 26.8 Å². The first-order chi connectivity index (χ1) is 8.38. The monoisotopic (exact) mass is 276 g/mol. The van der Waals surface area contributed by atoms with Gasteiger partial charge < -0.3 is 15.6 Å². The van der Waals surface area contributed by atoms with Crippen molar-refractivity contribution in [2.75, 3.05) is 19.5 Å². The SMILES string of the molecule is COC(C)(C(CN)CCCl)C(C)C(O)C(C)C#N. The third kappa shape index (κ3) is 3.83. The largest absolute Gasteiger partial charge is 0.391 e. The van der Waals surface area contributed by atoms with E-state index in [4.69, 9.17) is 27.3 Å². The molecule has 0 aliphatic carbocycles. The standard InChI is InChI=1S/C13H25ClN2O2/c1-9(7-15)12(17)10(2)13(3,18-4)11(8-16)5-6-14/h9-12,17H,5-6,8,16H2,1-4H3. The molecule has 0 saturated heterocycles. The minimum Gasteiger partial charge on any atom is -0.391 e. The van der Waals surface area contributed by atoms with Gasteiger partial charge in [0, 0.05) is 24.8 Å². The number of methoxy groups -OCH3 is 1. The van der Waals surface area contributed by atoms with E-state index < -0.39 is 17.6 Å². The van der Waals surface area contributed by atoms with Gasteiger partial charge in [-0.25, -0.2) is 0 Å². The van der Waals surface area contributed by atoms with Gasteiger partial charge in [0.05, 0.1) is 23.7 Å². The van der Waals surface area contributed by atoms with Crippen molar-refractivity contribution in [1.82, 2.24) is 0 Å². The Bertz CT molecular complexity index is 283. The molecule has 0 bridgehead atoms. The van der Waals surface area contributed by atoms with E-state index in [-0.39, 0.29) is 11.8 Å². The van der Waals surface area contributed by atoms with Gasteiger partial charge in [0.2, 0.25) is 0 Å². The summed E-state index contributed by atoms with van der Waals surface area (Å²) in [5.74, 6) is -0.0920. The molecular formula is C13H25ClN2O2. The van der Waals surface area contributed by atoms with Crippen LogP contribution in [-0.4, -0.2) is 36.3 Å². The highest BCUT2D eigenvalue weighted by Crippen LogP contribution is 2.35. The van der Waals surface area contributed by atoms with E-state index in [0.717, 1.165) is 6.42 Å². The van der Waals surface area contributed by atoms with Crippen molar-refractivity contribution in [3.05, 3.63) is 0 Å². The van der Waals surface area contributed by atoms with Crippen molar-refractivity contribution < 1.29 is 9.84 Å². The zero-order valence-electron chi connectivity index (χ0n) is 11.7. The maximum atomic E-state index is 10.2. The Hall–Kier alpha value is -0.340. The molecule has 4 nitrogen and oxygen atoms in total. The number of nitrogens with two attached hydrogens (primary N) is 1. The number of aliphatic hydroxyl groups is 1. The lowest BCUT2D eigenvalue weighted by Crippen LogP contribution is -2.51. The zero-order valence-corrected chi connectivity index (χ0v) is 12.4. The predicted octanol–water partition coefficient (Wildman–Crippen LogP) is 1.75. The minimum absolute atomic E-state index is 0.0514. The normalized spacial score (nSPS) is 21.4. The Labute approximate surface area is 115 Å². The third-order valence-electron chi connectivity index (χ3n) is 4.12. The molecule has 5 heteroatoms. The number of halogens is 1. The number of rotatable bonds is 8. The lowest BCUT2D eigenvalue weighted by molar-refractivity contribution is -0.120. The molecule has 0 aliphatic rings. The van der Waals surface area contributed by atoms with Gasteiger partial charge in [-0.1, -0.05) is 6.92 Å². The molecule has 0 aromatic carbocycles. The molecule has 0 aromatic rings. The number of hydrogen-bond donors (Lipinski definition) is 2. The average molecular weight is 277 g/mol. The fourth-order valence-corrected chi connectivity index (χ4v) is 2.61. The molecule has 0 heterocycles. The quantitative estimate of drug-likeness (QED) is 0.662. The van der Waals surface area contributed by atoms with E-state index in [0.29, 0.717) is 12.4 Å². The highest BCUT2D eigenvalue weighted by molar-refractivity contribution is 6.17. The summed E-state index contributed by atoms with van der Waals surface area (Å²) < 4.78 is 5.61. The van der Waals surface area contributed by atoms with Gasteiger partial charge in [0.1, 0.15) is 0 Å². The highest BCUT2D eigenvalue weighted by atomic mass is 35.5. The van der Waals surface area contributed by atoms with Crippen LogP contribution in [0.3, 0.4) is 0 Å². The molecule has 18 heavy (non-hydrogen) atoms. The number of ether oxygens (including phenoxy) is 1. The molecule has 0 aliphatic heterocycles. The van der Waals surface area contributed by atoms with Crippen molar-refractivity contribution in [2.45, 2.75) is 38.9 Å². The van der Waals surface area contributed by atoms with Crippen LogP contribution in [0.1, 0.15) is 27.2 Å². The average Bonchev–Trinajstić information content (AvgIpc) is 2.41. The van der Waals surface area contributed by atoms with Crippen LogP contribution in [0.15, 0.2) is 0 Å². The van der Waals surface area contributed by atoms with E-state index in [1.165, 1.54) is 0 Å². The molecule has 0 amide bonds. The topological polar surface area (TPSA) is 79.3 Å². The van der Waals surface area contributed by atoms with Crippen molar-refractivity contribution in [3.63, 3.8) is 0 Å². The van der Waals surface area contributed by atoms with Gasteiger partial charge in [0.25, 0.3) is 0 Å². The number of nitrogens with zero attached hydrogens (tertiary/aromatic N) is 1. The Morgan fingerprint density at radius 2 is 2.06 bits per heavy atom. The van der Waals surface area contributed by atoms with Crippen LogP contribution in [0.2, 0.25) is 0 Å². The van der Waals surface area contributed by atoms with E-state index in [9.17, 15) is 5.11 Å². The summed E-state index contributed by atoms with van der Waals surface area (Å²) in [6.07, 6.45) is -0.0234. The highest BCUT2D eigenvalue weighted by Gasteiger charge is 2.43. The molecule has 3 N–H and O–H groups in total. The fourth-order valence-electron chi connectivity index (χ4n) is 2.34. The summed E-state index contributed by atoms with van der Waals surface area (Å²) >= 11 is 5.79. The Morgan fingerprint density at radius 3 is 2.39 bits per heavy atom. The molecule has 0 radical (unpaired) electrons. The molecule has 0 spiro atoms. The predicted molar refractivity (Wildman–Crippen MR) is 73.2 cm³/mol. The molecule has 0 saturated carbocycles. The summed E-state index contributed by atoms with van der Waals surface area (Å²) in [7, 11) is 1.61. The first-order valence-electron chi connectivity index (χ1n) is 6.27. The lowest BCUT2D eigenvalue weighted by atomic mass is 9.73. The second kappa shape index (κ2) is 7.96. The molecule has 0 aromatic heterocycles. The van der Waals surface area contributed by atoms with Crippen molar-refractivity contribution in [2.24, 2.45) is 23.5 Å². The summed E-state index contributed by atoms with van der Waals surface area (Å²) in [6.45, 7) is 5.96. The van der Waals surface area contributed by atoms with E-state index in [1.807, 2.05) is 13.8 Å². The van der Waals surface area contributed by atoms with Crippen LogP contribution in [0, 0.1) is 29.1 Å². The summed E-state index contributed by atoms with van der Waals surface area (Å²) in [6, 6.07) is 2.07. The number of hydrogen-bond acceptors (Lipinski definition) is 4. The minimum atomic E-state index is -0.746. The number of alkyl halides is 1. The van der Waals surface area contributed by atoms with Gasteiger partial charge in [0.15, 0.2) is 0 Å². The Kier molecular flexibility index (Phi) is 7.81. The molecule has 0 rings (SSSR count). The number of nitriles is 1. The van der Waals surface area contributed by atoms with Crippen molar-refractivity contribution in [1.29, 1.82) is 5.26 Å². The van der Waals surface area contributed by atoms with E-state index >= 15 is 0 Å². The smallest absolute Gasteiger partial charge is 0.0748 e. The van der Waals surface area contributed by atoms with Crippen molar-refractivity contribution in [3.8, 4) is 6.07 Å². The Balaban J connectivity index is 5.07. The van der Waals surface area contributed by atoms with Crippen LogP contribution >= 0.6 is 11.6 Å². The van der Waals surface area contributed by atoms with Crippen LogP contribution < -0.4 is 5.73 Å².